The van der Waals surface area contributed by atoms with Crippen LogP contribution in [0.4, 0.5) is 5.69 Å². The molecular weight excluding hydrogens is 490 g/mol. The number of carbonyl (C=O) groups is 1. The number of aryl methyl sites for hydroxylation is 1. The largest absolute Gasteiger partial charge is 0.497 e. The Labute approximate surface area is 228 Å². The van der Waals surface area contributed by atoms with E-state index >= 15 is 0 Å². The number of hydrogen-bond donors (Lipinski definition) is 1. The highest BCUT2D eigenvalue weighted by atomic mass is 16.5. The molecule has 0 unspecified atom stereocenters. The van der Waals surface area contributed by atoms with E-state index in [1.54, 1.807) is 14.2 Å². The van der Waals surface area contributed by atoms with Crippen molar-refractivity contribution in [2.24, 2.45) is 0 Å². The predicted molar refractivity (Wildman–Crippen MR) is 154 cm³/mol. The Morgan fingerprint density at radius 3 is 2.28 bits per heavy atom. The summed E-state index contributed by atoms with van der Waals surface area (Å²) in [6.07, 6.45) is 2.87. The van der Waals surface area contributed by atoms with E-state index in [4.69, 9.17) is 19.2 Å². The van der Waals surface area contributed by atoms with Crippen LogP contribution in [0.1, 0.15) is 19.0 Å². The van der Waals surface area contributed by atoms with E-state index in [1.807, 2.05) is 79.7 Å². The van der Waals surface area contributed by atoms with Crippen LogP contribution in [0.2, 0.25) is 0 Å². The summed E-state index contributed by atoms with van der Waals surface area (Å²) in [4.78, 5) is 17.9. The summed E-state index contributed by atoms with van der Waals surface area (Å²) in [6.45, 7) is 2.58. The highest BCUT2D eigenvalue weighted by Gasteiger charge is 2.17. The topological polar surface area (TPSA) is 74.1 Å². The van der Waals surface area contributed by atoms with Crippen molar-refractivity contribution in [1.82, 2.24) is 9.38 Å². The van der Waals surface area contributed by atoms with Gasteiger partial charge in [0.15, 0.2) is 0 Å². The minimum Gasteiger partial charge on any atom is -0.497 e. The van der Waals surface area contributed by atoms with Crippen LogP contribution in [0.15, 0.2) is 91.1 Å². The minimum atomic E-state index is -0.0766. The van der Waals surface area contributed by atoms with Gasteiger partial charge in [-0.2, -0.15) is 0 Å². The van der Waals surface area contributed by atoms with Crippen molar-refractivity contribution < 1.29 is 19.0 Å². The molecule has 0 aliphatic carbocycles. The molecule has 0 atom stereocenters. The Balaban J connectivity index is 1.49. The summed E-state index contributed by atoms with van der Waals surface area (Å²) < 4.78 is 18.5. The third-order valence-corrected chi connectivity index (χ3v) is 6.50. The molecule has 0 bridgehead atoms. The van der Waals surface area contributed by atoms with Gasteiger partial charge in [-0.1, -0.05) is 24.3 Å². The lowest BCUT2D eigenvalue weighted by Gasteiger charge is -2.10. The molecule has 0 radical (unpaired) electrons. The number of nitrogens with zero attached hydrogens (tertiary/aromatic N) is 2. The van der Waals surface area contributed by atoms with Crippen molar-refractivity contribution in [3.63, 3.8) is 0 Å². The van der Waals surface area contributed by atoms with Gasteiger partial charge in [0.25, 0.3) is 0 Å². The molecule has 5 rings (SSSR count). The number of pyridine rings is 1. The smallest absolute Gasteiger partial charge is 0.224 e. The summed E-state index contributed by atoms with van der Waals surface area (Å²) >= 11 is 0. The molecule has 0 spiro atoms. The molecule has 0 aliphatic heterocycles. The van der Waals surface area contributed by atoms with Crippen molar-refractivity contribution in [2.45, 2.75) is 19.8 Å². The van der Waals surface area contributed by atoms with Gasteiger partial charge in [-0.15, -0.1) is 0 Å². The normalized spacial score (nSPS) is 10.8. The van der Waals surface area contributed by atoms with Gasteiger partial charge >= 0.3 is 0 Å². The van der Waals surface area contributed by atoms with E-state index in [0.29, 0.717) is 19.4 Å². The SMILES string of the molecule is CCOc1cccc(-c2ccc3nc(-c4cccc(OC)c4)c(CCC(=O)Nc4ccc(OC)cc4)n3c2)c1. The van der Waals surface area contributed by atoms with Crippen LogP contribution in [0, 0.1) is 0 Å². The van der Waals surface area contributed by atoms with E-state index in [0.717, 1.165) is 56.7 Å². The Hall–Kier alpha value is -4.78. The molecule has 1 amide bonds. The maximum atomic E-state index is 12.9. The molecule has 0 saturated carbocycles. The molecule has 198 valence electrons. The van der Waals surface area contributed by atoms with Crippen LogP contribution in [0.5, 0.6) is 17.2 Å². The second-order valence-electron chi connectivity index (χ2n) is 9.02. The second-order valence-corrected chi connectivity index (χ2v) is 9.02. The van der Waals surface area contributed by atoms with Gasteiger partial charge < -0.3 is 23.9 Å². The minimum absolute atomic E-state index is 0.0766. The number of anilines is 1. The number of hydrogen-bond acceptors (Lipinski definition) is 5. The molecule has 0 saturated heterocycles. The fourth-order valence-electron chi connectivity index (χ4n) is 4.57. The first-order valence-corrected chi connectivity index (χ1v) is 12.9. The molecule has 7 nitrogen and oxygen atoms in total. The summed E-state index contributed by atoms with van der Waals surface area (Å²) in [5.74, 6) is 2.24. The first kappa shape index (κ1) is 25.9. The van der Waals surface area contributed by atoms with Gasteiger partial charge in [0, 0.05) is 23.9 Å². The molecule has 0 aliphatic rings. The molecule has 3 aromatic carbocycles. The fraction of sp³-hybridized carbons (Fsp3) is 0.188. The fourth-order valence-corrected chi connectivity index (χ4v) is 4.57. The molecular formula is C32H31N3O4. The number of aromatic nitrogens is 2. The number of rotatable bonds is 10. The average Bonchev–Trinajstić information content (AvgIpc) is 3.34. The lowest BCUT2D eigenvalue weighted by atomic mass is 10.1. The number of ether oxygens (including phenoxy) is 3. The van der Waals surface area contributed by atoms with Crippen LogP contribution < -0.4 is 19.5 Å². The average molecular weight is 522 g/mol. The molecule has 0 fully saturated rings. The van der Waals surface area contributed by atoms with Crippen molar-refractivity contribution >= 4 is 17.2 Å². The quantitative estimate of drug-likeness (QED) is 0.223. The number of nitrogens with one attached hydrogen (secondary N) is 1. The third-order valence-electron chi connectivity index (χ3n) is 6.50. The first-order valence-electron chi connectivity index (χ1n) is 12.9. The number of fused-ring (bicyclic) bond motifs is 1. The summed E-state index contributed by atoms with van der Waals surface area (Å²) in [7, 11) is 3.26. The maximum Gasteiger partial charge on any atom is 0.224 e. The number of imidazole rings is 1. The molecule has 39 heavy (non-hydrogen) atoms. The number of amides is 1. The zero-order valence-corrected chi connectivity index (χ0v) is 22.3. The zero-order valence-electron chi connectivity index (χ0n) is 22.3. The van der Waals surface area contributed by atoms with E-state index in [1.165, 1.54) is 0 Å². The Bertz CT molecular complexity index is 1590. The number of carbonyl (C=O) groups excluding carboxylic acids is 1. The molecule has 5 aromatic rings. The van der Waals surface area contributed by atoms with Gasteiger partial charge in [0.2, 0.25) is 5.91 Å². The van der Waals surface area contributed by atoms with E-state index in [2.05, 4.69) is 28.0 Å². The summed E-state index contributed by atoms with van der Waals surface area (Å²) in [5, 5.41) is 2.98. The molecule has 2 heterocycles. The molecule has 1 N–H and O–H groups in total. The van der Waals surface area contributed by atoms with Gasteiger partial charge in [-0.25, -0.2) is 4.98 Å². The maximum absolute atomic E-state index is 12.9. The van der Waals surface area contributed by atoms with Crippen molar-refractivity contribution in [1.29, 1.82) is 0 Å². The second kappa shape index (κ2) is 11.7. The standard InChI is InChI=1S/C32H31N3O4/c1-4-39-28-10-5-7-22(19-28)24-11-17-30-34-32(23-8-6-9-27(20-23)38-3)29(35(30)21-24)16-18-31(36)33-25-12-14-26(37-2)15-13-25/h5-15,17,19-21H,4,16,18H2,1-3H3,(H,33,36). The molecule has 2 aromatic heterocycles. The third kappa shape index (κ3) is 5.88. The Morgan fingerprint density at radius 2 is 1.54 bits per heavy atom. The summed E-state index contributed by atoms with van der Waals surface area (Å²) in [6, 6.07) is 27.2. The van der Waals surface area contributed by atoms with Crippen molar-refractivity contribution in [3.05, 3.63) is 96.8 Å². The molecule has 7 heteroatoms. The Kier molecular flexibility index (Phi) is 7.78. The number of methoxy groups -OCH3 is 2. The predicted octanol–water partition coefficient (Wildman–Crippen LogP) is 6.66. The van der Waals surface area contributed by atoms with Crippen LogP contribution in [-0.4, -0.2) is 36.1 Å². The van der Waals surface area contributed by atoms with E-state index in [-0.39, 0.29) is 5.91 Å². The first-order chi connectivity index (χ1) is 19.1. The van der Waals surface area contributed by atoms with Crippen LogP contribution in [0.25, 0.3) is 28.0 Å². The number of benzene rings is 3. The van der Waals surface area contributed by atoms with Crippen LogP contribution >= 0.6 is 0 Å². The highest BCUT2D eigenvalue weighted by molar-refractivity contribution is 5.91. The lowest BCUT2D eigenvalue weighted by Crippen LogP contribution is -2.13. The van der Waals surface area contributed by atoms with Gasteiger partial charge in [-0.3, -0.25) is 4.79 Å². The van der Waals surface area contributed by atoms with E-state index in [9.17, 15) is 4.79 Å². The van der Waals surface area contributed by atoms with Gasteiger partial charge in [0.1, 0.15) is 22.9 Å². The van der Waals surface area contributed by atoms with E-state index < -0.39 is 0 Å². The van der Waals surface area contributed by atoms with Crippen molar-refractivity contribution in [3.8, 4) is 39.6 Å². The highest BCUT2D eigenvalue weighted by Crippen LogP contribution is 2.31. The van der Waals surface area contributed by atoms with Gasteiger partial charge in [0.05, 0.1) is 32.2 Å². The van der Waals surface area contributed by atoms with Crippen molar-refractivity contribution in [2.75, 3.05) is 26.1 Å². The van der Waals surface area contributed by atoms with Crippen LogP contribution in [0.3, 0.4) is 0 Å². The zero-order chi connectivity index (χ0) is 27.2. The summed E-state index contributed by atoms with van der Waals surface area (Å²) in [5.41, 5.74) is 6.32. The Morgan fingerprint density at radius 1 is 0.821 bits per heavy atom. The van der Waals surface area contributed by atoms with Crippen LogP contribution in [-0.2, 0) is 11.2 Å². The monoisotopic (exact) mass is 521 g/mol. The van der Waals surface area contributed by atoms with Gasteiger partial charge in [-0.05, 0) is 85.1 Å². The lowest BCUT2D eigenvalue weighted by molar-refractivity contribution is -0.116.